The second-order valence-electron chi connectivity index (χ2n) is 7.68. The standard InChI is InChI=1S/C21H17F3N4O3S2/c1-27-15(8-32)16(18(30)28(2)20(27)31)12-7-13(12)17(29)26-19-25-14(9-33-19)10-4-3-5-11(6-10)21(22,23)24/h3-6,8-9,12-13H,7H2,1-2H3,(H,25,26,29). The quantitative estimate of drug-likeness (QED) is 0.550. The Kier molecular flexibility index (Phi) is 5.83. The number of aromatic nitrogens is 3. The summed E-state index contributed by atoms with van der Waals surface area (Å²) in [6.45, 7) is 0. The van der Waals surface area contributed by atoms with E-state index in [9.17, 15) is 27.6 Å². The summed E-state index contributed by atoms with van der Waals surface area (Å²) in [6.07, 6.45) is -4.06. The van der Waals surface area contributed by atoms with Gasteiger partial charge in [0.2, 0.25) is 5.91 Å². The maximum atomic E-state index is 13.0. The molecule has 1 fully saturated rings. The van der Waals surface area contributed by atoms with Crippen molar-refractivity contribution in [3.8, 4) is 11.3 Å². The van der Waals surface area contributed by atoms with E-state index in [1.165, 1.54) is 36.2 Å². The maximum absolute atomic E-state index is 13.0. The average Bonchev–Trinajstić information content (AvgIpc) is 3.43. The Morgan fingerprint density at radius 2 is 2.00 bits per heavy atom. The Morgan fingerprint density at radius 3 is 2.67 bits per heavy atom. The molecule has 0 radical (unpaired) electrons. The van der Waals surface area contributed by atoms with E-state index in [0.717, 1.165) is 28.0 Å². The minimum Gasteiger partial charge on any atom is -0.302 e. The van der Waals surface area contributed by atoms with Gasteiger partial charge in [-0.05, 0) is 18.6 Å². The number of anilines is 1. The summed E-state index contributed by atoms with van der Waals surface area (Å²) in [4.78, 5) is 41.7. The van der Waals surface area contributed by atoms with Gasteiger partial charge in [-0.1, -0.05) is 24.4 Å². The van der Waals surface area contributed by atoms with Gasteiger partial charge in [0.05, 0.1) is 17.0 Å². The molecule has 3 aromatic rings. The summed E-state index contributed by atoms with van der Waals surface area (Å²) < 4.78 is 41.1. The van der Waals surface area contributed by atoms with Crippen LogP contribution in [0, 0.1) is 5.92 Å². The number of alkyl halides is 3. The van der Waals surface area contributed by atoms with Gasteiger partial charge in [-0.25, -0.2) is 9.78 Å². The lowest BCUT2D eigenvalue weighted by atomic mass is 10.1. The molecule has 2 atom stereocenters. The number of carbonyl (C=O) groups is 1. The Balaban J connectivity index is 1.53. The Bertz CT molecular complexity index is 1390. The molecule has 1 N–H and O–H groups in total. The molecule has 0 bridgehead atoms. The lowest BCUT2D eigenvalue weighted by Crippen LogP contribution is -2.41. The molecule has 7 nitrogen and oxygen atoms in total. The SMILES string of the molecule is Cn1c(C=S)c(C2CC2C(=O)Nc2nc(-c3cccc(C(F)(F)F)c3)cs2)c(=O)n(C)c1=O. The van der Waals surface area contributed by atoms with Crippen molar-refractivity contribution >= 4 is 40.0 Å². The summed E-state index contributed by atoms with van der Waals surface area (Å²) in [6, 6.07) is 4.78. The summed E-state index contributed by atoms with van der Waals surface area (Å²) >= 11 is 6.07. The fourth-order valence-electron chi connectivity index (χ4n) is 3.70. The van der Waals surface area contributed by atoms with E-state index in [4.69, 9.17) is 12.2 Å². The van der Waals surface area contributed by atoms with Crippen molar-refractivity contribution in [2.45, 2.75) is 18.5 Å². The number of hydrogen-bond acceptors (Lipinski definition) is 6. The number of carbonyl (C=O) groups excluding carboxylic acids is 1. The van der Waals surface area contributed by atoms with Crippen LogP contribution in [0.4, 0.5) is 18.3 Å². The molecule has 12 heteroatoms. The van der Waals surface area contributed by atoms with Crippen molar-refractivity contribution in [2.75, 3.05) is 5.32 Å². The number of thiocarbonyl (C=S) groups is 1. The molecule has 1 aliphatic carbocycles. The van der Waals surface area contributed by atoms with E-state index in [-0.39, 0.29) is 16.6 Å². The monoisotopic (exact) mass is 494 g/mol. The van der Waals surface area contributed by atoms with Crippen LogP contribution in [0.5, 0.6) is 0 Å². The molecular weight excluding hydrogens is 477 g/mol. The lowest BCUT2D eigenvalue weighted by molar-refractivity contribution is -0.137. The van der Waals surface area contributed by atoms with Crippen molar-refractivity contribution in [3.63, 3.8) is 0 Å². The van der Waals surface area contributed by atoms with Crippen molar-refractivity contribution in [2.24, 2.45) is 20.0 Å². The van der Waals surface area contributed by atoms with Gasteiger partial charge in [0.1, 0.15) is 0 Å². The number of nitrogens with zero attached hydrogens (tertiary/aromatic N) is 3. The third-order valence-electron chi connectivity index (χ3n) is 5.58. The predicted molar refractivity (Wildman–Crippen MR) is 122 cm³/mol. The average molecular weight is 495 g/mol. The Labute approximate surface area is 194 Å². The molecule has 2 aromatic heterocycles. The van der Waals surface area contributed by atoms with Crippen molar-refractivity contribution in [1.82, 2.24) is 14.1 Å². The first-order valence-electron chi connectivity index (χ1n) is 9.72. The van der Waals surface area contributed by atoms with Gasteiger partial charge in [0.15, 0.2) is 5.13 Å². The van der Waals surface area contributed by atoms with E-state index in [2.05, 4.69) is 10.3 Å². The number of thiazole rings is 1. The zero-order valence-corrected chi connectivity index (χ0v) is 19.0. The Morgan fingerprint density at radius 1 is 1.27 bits per heavy atom. The van der Waals surface area contributed by atoms with Crippen LogP contribution in [-0.4, -0.2) is 25.4 Å². The second-order valence-corrected chi connectivity index (χ2v) is 8.77. The van der Waals surface area contributed by atoms with Gasteiger partial charge in [-0.3, -0.25) is 18.7 Å². The van der Waals surface area contributed by atoms with Gasteiger partial charge < -0.3 is 5.32 Å². The zero-order valence-electron chi connectivity index (χ0n) is 17.3. The van der Waals surface area contributed by atoms with Gasteiger partial charge in [-0.2, -0.15) is 13.2 Å². The third kappa shape index (κ3) is 4.27. The molecule has 2 unspecified atom stereocenters. The fourth-order valence-corrected chi connectivity index (χ4v) is 4.71. The summed E-state index contributed by atoms with van der Waals surface area (Å²) in [5.74, 6) is -1.27. The van der Waals surface area contributed by atoms with Gasteiger partial charge in [-0.15, -0.1) is 11.3 Å². The number of hydrogen-bond donors (Lipinski definition) is 1. The van der Waals surface area contributed by atoms with E-state index in [0.29, 0.717) is 23.4 Å². The second kappa shape index (κ2) is 8.34. The third-order valence-corrected chi connectivity index (χ3v) is 6.56. The Hall–Kier alpha value is -3.12. The smallest absolute Gasteiger partial charge is 0.302 e. The predicted octanol–water partition coefficient (Wildman–Crippen LogP) is 3.32. The molecule has 1 aliphatic rings. The molecule has 0 aliphatic heterocycles. The first-order chi connectivity index (χ1) is 15.5. The number of amides is 1. The van der Waals surface area contributed by atoms with E-state index in [1.54, 1.807) is 5.38 Å². The fraction of sp³-hybridized carbons (Fsp3) is 0.286. The van der Waals surface area contributed by atoms with Crippen LogP contribution in [-0.2, 0) is 25.1 Å². The van der Waals surface area contributed by atoms with Crippen LogP contribution < -0.4 is 16.6 Å². The molecule has 1 aromatic carbocycles. The molecule has 1 saturated carbocycles. The maximum Gasteiger partial charge on any atom is 0.416 e. The van der Waals surface area contributed by atoms with E-state index < -0.39 is 34.8 Å². The van der Waals surface area contributed by atoms with E-state index >= 15 is 0 Å². The number of halogens is 3. The van der Waals surface area contributed by atoms with Gasteiger partial charge in [0.25, 0.3) is 5.56 Å². The zero-order chi connectivity index (χ0) is 24.1. The first kappa shape index (κ1) is 23.1. The molecule has 33 heavy (non-hydrogen) atoms. The molecule has 172 valence electrons. The first-order valence-corrected chi connectivity index (χ1v) is 11.1. The van der Waals surface area contributed by atoms with Crippen LogP contribution in [0.15, 0.2) is 39.2 Å². The molecule has 2 heterocycles. The van der Waals surface area contributed by atoms with Gasteiger partial charge in [0, 0.05) is 47.8 Å². The molecule has 1 amide bonds. The van der Waals surface area contributed by atoms with Crippen LogP contribution in [0.2, 0.25) is 0 Å². The highest BCUT2D eigenvalue weighted by molar-refractivity contribution is 7.79. The number of nitrogens with one attached hydrogen (secondary N) is 1. The van der Waals surface area contributed by atoms with Crippen LogP contribution in [0.1, 0.15) is 29.2 Å². The van der Waals surface area contributed by atoms with Crippen LogP contribution >= 0.6 is 23.6 Å². The van der Waals surface area contributed by atoms with Crippen molar-refractivity contribution < 1.29 is 18.0 Å². The molecular formula is C21H17F3N4O3S2. The van der Waals surface area contributed by atoms with E-state index in [1.807, 2.05) is 0 Å². The number of rotatable bonds is 5. The molecule has 0 saturated heterocycles. The topological polar surface area (TPSA) is 86.0 Å². The van der Waals surface area contributed by atoms with Gasteiger partial charge >= 0.3 is 11.9 Å². The summed E-state index contributed by atoms with van der Waals surface area (Å²) in [5.41, 5.74) is -0.568. The molecule has 0 spiro atoms. The minimum atomic E-state index is -4.47. The van der Waals surface area contributed by atoms with Crippen LogP contribution in [0.3, 0.4) is 0 Å². The summed E-state index contributed by atoms with van der Waals surface area (Å²) in [7, 11) is 2.87. The number of benzene rings is 1. The van der Waals surface area contributed by atoms with Crippen LogP contribution in [0.25, 0.3) is 11.3 Å². The van der Waals surface area contributed by atoms with Crippen molar-refractivity contribution in [3.05, 3.63) is 67.3 Å². The molecule has 4 rings (SSSR count). The highest BCUT2D eigenvalue weighted by Crippen LogP contribution is 2.47. The lowest BCUT2D eigenvalue weighted by Gasteiger charge is -2.11. The largest absolute Gasteiger partial charge is 0.416 e. The minimum absolute atomic E-state index is 0.237. The summed E-state index contributed by atoms with van der Waals surface area (Å²) in [5, 5.41) is 5.72. The highest BCUT2D eigenvalue weighted by Gasteiger charge is 2.47. The normalized spacial score (nSPS) is 17.6. The van der Waals surface area contributed by atoms with Crippen molar-refractivity contribution in [1.29, 1.82) is 0 Å². The highest BCUT2D eigenvalue weighted by atomic mass is 32.1.